The number of amides is 1. The number of rotatable bonds is 11. The second-order valence-electron chi connectivity index (χ2n) is 9.01. The Morgan fingerprint density at radius 1 is 0.947 bits per heavy atom. The van der Waals surface area contributed by atoms with Gasteiger partial charge in [-0.25, -0.2) is 8.42 Å². The van der Waals surface area contributed by atoms with Crippen molar-refractivity contribution in [2.45, 2.75) is 32.1 Å². The van der Waals surface area contributed by atoms with Gasteiger partial charge < -0.3 is 14.2 Å². The number of aryl methyl sites for hydroxylation is 1. The Morgan fingerprint density at radius 2 is 1.61 bits per heavy atom. The maximum Gasteiger partial charge on any atom is 0.271 e. The van der Waals surface area contributed by atoms with Crippen LogP contribution in [0.4, 0.5) is 5.69 Å². The summed E-state index contributed by atoms with van der Waals surface area (Å²) in [6.07, 6.45) is 3.61. The van der Waals surface area contributed by atoms with Gasteiger partial charge in [0.25, 0.3) is 15.9 Å². The number of benzene rings is 3. The van der Waals surface area contributed by atoms with Gasteiger partial charge in [0.05, 0.1) is 36.4 Å². The highest BCUT2D eigenvalue weighted by atomic mass is 35.5. The summed E-state index contributed by atoms with van der Waals surface area (Å²) in [6.45, 7) is 6.64. The lowest BCUT2D eigenvalue weighted by atomic mass is 10.1. The Morgan fingerprint density at radius 3 is 2.21 bits per heavy atom. The van der Waals surface area contributed by atoms with Crippen LogP contribution in [0.1, 0.15) is 31.4 Å². The van der Waals surface area contributed by atoms with Crippen molar-refractivity contribution in [3.05, 3.63) is 82.9 Å². The molecule has 0 aliphatic heterocycles. The molecule has 1 amide bonds. The fourth-order valence-electron chi connectivity index (χ4n) is 3.53. The van der Waals surface area contributed by atoms with Crippen LogP contribution in [0.15, 0.2) is 71.6 Å². The van der Waals surface area contributed by atoms with Crippen molar-refractivity contribution < 1.29 is 27.4 Å². The van der Waals surface area contributed by atoms with Crippen LogP contribution in [-0.2, 0) is 14.8 Å². The Kier molecular flexibility index (Phi) is 9.83. The molecule has 0 saturated heterocycles. The minimum atomic E-state index is -4.26. The first-order chi connectivity index (χ1) is 18.1. The third kappa shape index (κ3) is 7.08. The number of nitrogens with zero attached hydrogens (tertiary/aromatic N) is 1. The van der Waals surface area contributed by atoms with Crippen molar-refractivity contribution >= 4 is 39.3 Å². The van der Waals surface area contributed by atoms with Crippen molar-refractivity contribution in [2.24, 2.45) is 5.92 Å². The quantitative estimate of drug-likeness (QED) is 0.249. The van der Waals surface area contributed by atoms with E-state index in [2.05, 4.69) is 13.8 Å². The second kappa shape index (κ2) is 12.8. The molecule has 3 rings (SSSR count). The van der Waals surface area contributed by atoms with Gasteiger partial charge in [-0.05, 0) is 73.4 Å². The molecule has 0 N–H and O–H groups in total. The zero-order chi connectivity index (χ0) is 27.9. The topological polar surface area (TPSA) is 82.1 Å². The van der Waals surface area contributed by atoms with Crippen LogP contribution in [0.5, 0.6) is 17.2 Å². The van der Waals surface area contributed by atoms with Gasteiger partial charge in [-0.1, -0.05) is 49.2 Å². The molecular weight excluding hydrogens is 526 g/mol. The maximum absolute atomic E-state index is 13.6. The van der Waals surface area contributed by atoms with Crippen LogP contribution in [0, 0.1) is 12.8 Å². The van der Waals surface area contributed by atoms with Crippen molar-refractivity contribution in [3.63, 3.8) is 0 Å². The molecule has 0 aliphatic rings. The molecule has 0 radical (unpaired) electrons. The predicted octanol–water partition coefficient (Wildman–Crippen LogP) is 6.53. The van der Waals surface area contributed by atoms with Gasteiger partial charge in [-0.15, -0.1) is 0 Å². The van der Waals surface area contributed by atoms with E-state index in [9.17, 15) is 13.2 Å². The monoisotopic (exact) mass is 557 g/mol. The molecule has 9 heteroatoms. The zero-order valence-corrected chi connectivity index (χ0v) is 23.7. The number of sulfonamides is 1. The molecule has 3 aromatic carbocycles. The van der Waals surface area contributed by atoms with Crippen molar-refractivity contribution in [3.8, 4) is 17.2 Å². The molecule has 0 unspecified atom stereocenters. The third-order valence-electron chi connectivity index (χ3n) is 5.69. The highest BCUT2D eigenvalue weighted by Crippen LogP contribution is 2.33. The summed E-state index contributed by atoms with van der Waals surface area (Å²) in [5.41, 5.74) is 1.60. The predicted molar refractivity (Wildman–Crippen MR) is 151 cm³/mol. The van der Waals surface area contributed by atoms with Crippen molar-refractivity contribution in [2.75, 3.05) is 25.1 Å². The standard InChI is InChI=1S/C29H32ClNO6S/c1-20(2)16-17-37-27-13-8-22(18-28(27)36-5)9-15-29(32)31(23-10-14-26(35-4)25(30)19-23)38(33,34)24-11-6-21(3)7-12-24/h6-15,18-20H,16-17H2,1-5H3/b15-9+. The fourth-order valence-corrected chi connectivity index (χ4v) is 5.16. The Bertz CT molecular complexity index is 1400. The molecule has 0 spiro atoms. The highest BCUT2D eigenvalue weighted by molar-refractivity contribution is 7.93. The minimum Gasteiger partial charge on any atom is -0.495 e. The average Bonchev–Trinajstić information content (AvgIpc) is 2.88. The average molecular weight is 558 g/mol. The first-order valence-corrected chi connectivity index (χ1v) is 13.9. The van der Waals surface area contributed by atoms with E-state index < -0.39 is 15.9 Å². The Labute approximate surface area is 229 Å². The minimum absolute atomic E-state index is 0.0265. The van der Waals surface area contributed by atoms with E-state index in [-0.39, 0.29) is 15.6 Å². The maximum atomic E-state index is 13.6. The highest BCUT2D eigenvalue weighted by Gasteiger charge is 2.30. The van der Waals surface area contributed by atoms with Gasteiger partial charge in [0.1, 0.15) is 5.75 Å². The molecule has 0 heterocycles. The number of ether oxygens (including phenoxy) is 3. The first kappa shape index (κ1) is 29.1. The number of methoxy groups -OCH3 is 2. The lowest BCUT2D eigenvalue weighted by Gasteiger charge is -2.22. The lowest BCUT2D eigenvalue weighted by Crippen LogP contribution is -2.35. The molecule has 0 saturated carbocycles. The molecule has 0 atom stereocenters. The van der Waals surface area contributed by atoms with E-state index >= 15 is 0 Å². The largest absolute Gasteiger partial charge is 0.495 e. The molecule has 0 aromatic heterocycles. The molecular formula is C29H32ClNO6S. The van der Waals surface area contributed by atoms with E-state index in [0.717, 1.165) is 16.3 Å². The van der Waals surface area contributed by atoms with Crippen LogP contribution < -0.4 is 18.5 Å². The molecule has 202 valence electrons. The van der Waals surface area contributed by atoms with E-state index in [1.54, 1.807) is 30.3 Å². The van der Waals surface area contributed by atoms with Crippen LogP contribution in [-0.4, -0.2) is 35.2 Å². The number of carbonyl (C=O) groups is 1. The summed E-state index contributed by atoms with van der Waals surface area (Å²) in [5.74, 6) is 1.19. The first-order valence-electron chi connectivity index (χ1n) is 12.0. The number of hydrogen-bond donors (Lipinski definition) is 0. The van der Waals surface area contributed by atoms with E-state index in [1.807, 2.05) is 6.92 Å². The normalized spacial score (nSPS) is 11.6. The summed E-state index contributed by atoms with van der Waals surface area (Å²) in [7, 11) is -1.28. The number of anilines is 1. The summed E-state index contributed by atoms with van der Waals surface area (Å²) in [6, 6.07) is 15.9. The van der Waals surface area contributed by atoms with Gasteiger partial charge in [-0.2, -0.15) is 4.31 Å². The van der Waals surface area contributed by atoms with Gasteiger partial charge >= 0.3 is 0 Å². The zero-order valence-electron chi connectivity index (χ0n) is 22.1. The van der Waals surface area contributed by atoms with Gasteiger partial charge in [0.2, 0.25) is 0 Å². The molecule has 7 nitrogen and oxygen atoms in total. The molecule has 0 bridgehead atoms. The molecule has 3 aromatic rings. The van der Waals surface area contributed by atoms with Gasteiger partial charge in [-0.3, -0.25) is 4.79 Å². The molecule has 38 heavy (non-hydrogen) atoms. The van der Waals surface area contributed by atoms with Crippen LogP contribution in [0.25, 0.3) is 6.08 Å². The fraction of sp³-hybridized carbons (Fsp3) is 0.276. The third-order valence-corrected chi connectivity index (χ3v) is 7.72. The Hall–Kier alpha value is -3.49. The SMILES string of the molecule is COc1ccc(N(C(=O)/C=C/c2ccc(OCCC(C)C)c(OC)c2)S(=O)(=O)c2ccc(C)cc2)cc1Cl. The number of carbonyl (C=O) groups excluding carboxylic acids is 1. The second-order valence-corrected chi connectivity index (χ2v) is 11.2. The van der Waals surface area contributed by atoms with Crippen LogP contribution in [0.3, 0.4) is 0 Å². The Balaban J connectivity index is 1.96. The number of hydrogen-bond acceptors (Lipinski definition) is 6. The summed E-state index contributed by atoms with van der Waals surface area (Å²) in [4.78, 5) is 13.4. The lowest BCUT2D eigenvalue weighted by molar-refractivity contribution is -0.113. The van der Waals surface area contributed by atoms with E-state index in [1.165, 1.54) is 56.7 Å². The van der Waals surface area contributed by atoms with E-state index in [4.69, 9.17) is 25.8 Å². The van der Waals surface area contributed by atoms with Crippen LogP contribution >= 0.6 is 11.6 Å². The van der Waals surface area contributed by atoms with Crippen molar-refractivity contribution in [1.82, 2.24) is 0 Å². The summed E-state index contributed by atoms with van der Waals surface area (Å²) < 4.78 is 44.4. The van der Waals surface area contributed by atoms with Crippen LogP contribution in [0.2, 0.25) is 5.02 Å². The summed E-state index contributed by atoms with van der Waals surface area (Å²) >= 11 is 6.27. The van der Waals surface area contributed by atoms with Crippen molar-refractivity contribution in [1.29, 1.82) is 0 Å². The molecule has 0 fully saturated rings. The van der Waals surface area contributed by atoms with Gasteiger partial charge in [0, 0.05) is 6.08 Å². The summed E-state index contributed by atoms with van der Waals surface area (Å²) in [5, 5.41) is 0.170. The molecule has 0 aliphatic carbocycles. The van der Waals surface area contributed by atoms with Gasteiger partial charge in [0.15, 0.2) is 11.5 Å². The smallest absolute Gasteiger partial charge is 0.271 e. The number of halogens is 1. The van der Waals surface area contributed by atoms with E-state index in [0.29, 0.717) is 35.3 Å².